The van der Waals surface area contributed by atoms with E-state index < -0.39 is 23.9 Å². The Hall–Kier alpha value is -1.89. The highest BCUT2D eigenvalue weighted by Crippen LogP contribution is 2.21. The van der Waals surface area contributed by atoms with Crippen LogP contribution in [-0.2, 0) is 14.3 Å². The molecule has 0 aliphatic heterocycles. The fraction of sp³-hybridized carbons (Fsp3) is 0.357. The predicted octanol–water partition coefficient (Wildman–Crippen LogP) is 1.89. The summed E-state index contributed by atoms with van der Waals surface area (Å²) in [5.41, 5.74) is 1.21. The quantitative estimate of drug-likeness (QED) is 0.758. The van der Waals surface area contributed by atoms with Gasteiger partial charge in [-0.05, 0) is 40.9 Å². The standard InChI is InChI=1S/C14H16BrNO5/c1-8-4-3-5-9(12(8)15)13(18)16-10(14(19)20)6-7-11(17)21-2/h3-5,10H,6-7H2,1-2H3,(H,16,18)(H,19,20)/t10-/m0/s1. The first-order valence-corrected chi connectivity index (χ1v) is 7.01. The Labute approximate surface area is 130 Å². The third-order valence-corrected chi connectivity index (χ3v) is 3.96. The van der Waals surface area contributed by atoms with Crippen molar-refractivity contribution >= 4 is 33.8 Å². The first-order valence-electron chi connectivity index (χ1n) is 6.22. The van der Waals surface area contributed by atoms with Crippen LogP contribution in [0.4, 0.5) is 0 Å². The molecule has 0 aliphatic rings. The number of halogens is 1. The van der Waals surface area contributed by atoms with Gasteiger partial charge in [-0.2, -0.15) is 0 Å². The number of methoxy groups -OCH3 is 1. The molecule has 114 valence electrons. The molecule has 1 aromatic rings. The number of hydrogen-bond acceptors (Lipinski definition) is 4. The summed E-state index contributed by atoms with van der Waals surface area (Å²) >= 11 is 3.30. The summed E-state index contributed by atoms with van der Waals surface area (Å²) < 4.78 is 5.06. The summed E-state index contributed by atoms with van der Waals surface area (Å²) in [5.74, 6) is -2.23. The molecule has 0 saturated heterocycles. The SMILES string of the molecule is COC(=O)CC[C@H](NC(=O)c1cccc(C)c1Br)C(=O)O. The van der Waals surface area contributed by atoms with Crippen LogP contribution in [-0.4, -0.2) is 36.1 Å². The summed E-state index contributed by atoms with van der Waals surface area (Å²) in [6.07, 6.45) is -0.111. The van der Waals surface area contributed by atoms with Crippen LogP contribution in [0.1, 0.15) is 28.8 Å². The maximum atomic E-state index is 12.1. The number of ether oxygens (including phenoxy) is 1. The third-order valence-electron chi connectivity index (χ3n) is 2.90. The third kappa shape index (κ3) is 4.86. The van der Waals surface area contributed by atoms with Crippen LogP contribution < -0.4 is 5.32 Å². The lowest BCUT2D eigenvalue weighted by atomic mass is 10.1. The zero-order valence-electron chi connectivity index (χ0n) is 11.7. The largest absolute Gasteiger partial charge is 0.480 e. The number of amides is 1. The summed E-state index contributed by atoms with van der Waals surface area (Å²) in [6, 6.07) is 3.97. The van der Waals surface area contributed by atoms with Crippen molar-refractivity contribution in [3.63, 3.8) is 0 Å². The summed E-state index contributed by atoms with van der Waals surface area (Å²) in [7, 11) is 1.22. The zero-order chi connectivity index (χ0) is 16.0. The first-order chi connectivity index (χ1) is 9.86. The van der Waals surface area contributed by atoms with Gasteiger partial charge in [-0.25, -0.2) is 4.79 Å². The number of nitrogens with one attached hydrogen (secondary N) is 1. The van der Waals surface area contributed by atoms with Crippen molar-refractivity contribution < 1.29 is 24.2 Å². The van der Waals surface area contributed by atoms with E-state index in [4.69, 9.17) is 5.11 Å². The molecule has 2 N–H and O–H groups in total. The summed E-state index contributed by atoms with van der Waals surface area (Å²) in [4.78, 5) is 34.3. The number of aryl methyl sites for hydroxylation is 1. The average Bonchev–Trinajstić information content (AvgIpc) is 2.45. The molecular formula is C14H16BrNO5. The Morgan fingerprint density at radius 3 is 2.62 bits per heavy atom. The Morgan fingerprint density at radius 2 is 2.05 bits per heavy atom. The second kappa shape index (κ2) is 7.78. The number of carboxylic acids is 1. The fourth-order valence-corrected chi connectivity index (χ4v) is 2.12. The van der Waals surface area contributed by atoms with Crippen molar-refractivity contribution in [1.82, 2.24) is 5.32 Å². The van der Waals surface area contributed by atoms with E-state index in [1.165, 1.54) is 7.11 Å². The molecule has 1 atom stereocenters. The van der Waals surface area contributed by atoms with Crippen molar-refractivity contribution in [2.24, 2.45) is 0 Å². The minimum Gasteiger partial charge on any atom is -0.480 e. The number of hydrogen-bond donors (Lipinski definition) is 2. The number of carbonyl (C=O) groups excluding carboxylic acids is 2. The van der Waals surface area contributed by atoms with Crippen molar-refractivity contribution in [1.29, 1.82) is 0 Å². The van der Waals surface area contributed by atoms with E-state index in [9.17, 15) is 14.4 Å². The Bertz CT molecular complexity index is 558. The molecule has 21 heavy (non-hydrogen) atoms. The molecule has 0 saturated carbocycles. The molecule has 0 radical (unpaired) electrons. The number of aliphatic carboxylic acids is 1. The Balaban J connectivity index is 2.79. The number of rotatable bonds is 6. The highest BCUT2D eigenvalue weighted by molar-refractivity contribution is 9.10. The van der Waals surface area contributed by atoms with Crippen molar-refractivity contribution in [2.45, 2.75) is 25.8 Å². The monoisotopic (exact) mass is 357 g/mol. The molecule has 0 spiro atoms. The van der Waals surface area contributed by atoms with E-state index >= 15 is 0 Å². The van der Waals surface area contributed by atoms with E-state index in [0.29, 0.717) is 10.0 Å². The maximum Gasteiger partial charge on any atom is 0.326 e. The van der Waals surface area contributed by atoms with Gasteiger partial charge in [-0.1, -0.05) is 12.1 Å². The number of carbonyl (C=O) groups is 3. The van der Waals surface area contributed by atoms with Crippen molar-refractivity contribution in [2.75, 3.05) is 7.11 Å². The van der Waals surface area contributed by atoms with Gasteiger partial charge in [0.05, 0.1) is 12.7 Å². The number of esters is 1. The van der Waals surface area contributed by atoms with Crippen LogP contribution >= 0.6 is 15.9 Å². The van der Waals surface area contributed by atoms with Gasteiger partial charge in [0.1, 0.15) is 6.04 Å². The molecule has 1 aromatic carbocycles. The van der Waals surface area contributed by atoms with E-state index in [2.05, 4.69) is 26.0 Å². The van der Waals surface area contributed by atoms with E-state index in [1.807, 2.05) is 13.0 Å². The van der Waals surface area contributed by atoms with E-state index in [-0.39, 0.29) is 12.8 Å². The van der Waals surface area contributed by atoms with Gasteiger partial charge in [-0.15, -0.1) is 0 Å². The smallest absolute Gasteiger partial charge is 0.326 e. The molecule has 1 amide bonds. The van der Waals surface area contributed by atoms with Crippen molar-refractivity contribution in [3.8, 4) is 0 Å². The van der Waals surface area contributed by atoms with Crippen LogP contribution in [0.5, 0.6) is 0 Å². The molecule has 0 bridgehead atoms. The Morgan fingerprint density at radius 1 is 1.38 bits per heavy atom. The van der Waals surface area contributed by atoms with Crippen molar-refractivity contribution in [3.05, 3.63) is 33.8 Å². The molecule has 1 rings (SSSR count). The lowest BCUT2D eigenvalue weighted by Gasteiger charge is -2.15. The van der Waals surface area contributed by atoms with Crippen LogP contribution in [0.15, 0.2) is 22.7 Å². The van der Waals surface area contributed by atoms with E-state index in [1.54, 1.807) is 12.1 Å². The highest BCUT2D eigenvalue weighted by atomic mass is 79.9. The molecule has 0 aromatic heterocycles. The normalized spacial score (nSPS) is 11.6. The van der Waals surface area contributed by atoms with E-state index in [0.717, 1.165) is 5.56 Å². The van der Waals surface area contributed by atoms with Gasteiger partial charge in [0.25, 0.3) is 5.91 Å². The van der Waals surface area contributed by atoms with Gasteiger partial charge in [0.2, 0.25) is 0 Å². The second-order valence-electron chi connectivity index (χ2n) is 4.42. The summed E-state index contributed by atoms with van der Waals surface area (Å²) in [6.45, 7) is 1.83. The summed E-state index contributed by atoms with van der Waals surface area (Å²) in [5, 5.41) is 11.5. The van der Waals surface area contributed by atoms with Gasteiger partial charge in [0.15, 0.2) is 0 Å². The number of carboxylic acid groups (broad SMARTS) is 1. The lowest BCUT2D eigenvalue weighted by Crippen LogP contribution is -2.41. The van der Waals surface area contributed by atoms with Crippen LogP contribution in [0.3, 0.4) is 0 Å². The highest BCUT2D eigenvalue weighted by Gasteiger charge is 2.23. The molecule has 0 aliphatic carbocycles. The fourth-order valence-electron chi connectivity index (χ4n) is 1.68. The molecular weight excluding hydrogens is 342 g/mol. The van der Waals surface area contributed by atoms with Gasteiger partial charge < -0.3 is 15.2 Å². The molecule has 7 heteroatoms. The Kier molecular flexibility index (Phi) is 6.36. The second-order valence-corrected chi connectivity index (χ2v) is 5.21. The van der Waals surface area contributed by atoms with Crippen LogP contribution in [0.25, 0.3) is 0 Å². The predicted molar refractivity (Wildman–Crippen MR) is 79.0 cm³/mol. The molecule has 0 unspecified atom stereocenters. The average molecular weight is 358 g/mol. The van der Waals surface area contributed by atoms with Gasteiger partial charge in [0, 0.05) is 10.9 Å². The minimum atomic E-state index is -1.20. The lowest BCUT2D eigenvalue weighted by molar-refractivity contribution is -0.142. The topological polar surface area (TPSA) is 92.7 Å². The first kappa shape index (κ1) is 17.2. The van der Waals surface area contributed by atoms with Crippen LogP contribution in [0.2, 0.25) is 0 Å². The molecule has 0 heterocycles. The van der Waals surface area contributed by atoms with Crippen LogP contribution in [0, 0.1) is 6.92 Å². The maximum absolute atomic E-state index is 12.1. The van der Waals surface area contributed by atoms with Gasteiger partial charge >= 0.3 is 11.9 Å². The van der Waals surface area contributed by atoms with Gasteiger partial charge in [-0.3, -0.25) is 9.59 Å². The molecule has 0 fully saturated rings. The minimum absolute atomic E-state index is 0.0306. The molecule has 6 nitrogen and oxygen atoms in total. The number of benzene rings is 1. The zero-order valence-corrected chi connectivity index (χ0v) is 13.3.